The van der Waals surface area contributed by atoms with Crippen molar-refractivity contribution in [3.05, 3.63) is 30.3 Å². The van der Waals surface area contributed by atoms with Gasteiger partial charge in [-0.05, 0) is 33.3 Å². The predicted octanol–water partition coefficient (Wildman–Crippen LogP) is 0.634. The van der Waals surface area contributed by atoms with Gasteiger partial charge in [-0.2, -0.15) is 0 Å². The molecular formula is C18H32Cl2N4O4. The number of aliphatic hydroxyl groups excluding tert-OH is 2. The van der Waals surface area contributed by atoms with E-state index in [0.29, 0.717) is 5.69 Å². The number of carbonyl (C=O) groups is 1. The molecule has 0 bridgehead atoms. The van der Waals surface area contributed by atoms with E-state index in [4.69, 9.17) is 4.74 Å². The number of hydrogen-bond donors (Lipinski definition) is 4. The Bertz CT molecular complexity index is 568. The zero-order valence-corrected chi connectivity index (χ0v) is 18.1. The molecule has 0 radical (unpaired) electrons. The summed E-state index contributed by atoms with van der Waals surface area (Å²) in [6.07, 6.45) is -1.86. The lowest BCUT2D eigenvalue weighted by Gasteiger charge is -2.31. The van der Waals surface area contributed by atoms with Crippen LogP contribution in [-0.4, -0.2) is 97.8 Å². The summed E-state index contributed by atoms with van der Waals surface area (Å²) in [5.74, 6) is 0. The van der Waals surface area contributed by atoms with Crippen molar-refractivity contribution in [2.24, 2.45) is 0 Å². The lowest BCUT2D eigenvalue weighted by molar-refractivity contribution is -0.0205. The maximum Gasteiger partial charge on any atom is 0.319 e. The van der Waals surface area contributed by atoms with Crippen molar-refractivity contribution < 1.29 is 19.7 Å². The average Bonchev–Trinajstić information content (AvgIpc) is 2.94. The van der Waals surface area contributed by atoms with E-state index in [1.54, 1.807) is 12.1 Å². The van der Waals surface area contributed by atoms with Gasteiger partial charge in [0.05, 0.1) is 18.8 Å². The number of para-hydroxylation sites is 1. The fourth-order valence-electron chi connectivity index (χ4n) is 3.09. The minimum atomic E-state index is -0.809. The van der Waals surface area contributed by atoms with E-state index in [1.165, 1.54) is 0 Å². The summed E-state index contributed by atoms with van der Waals surface area (Å²) in [5.41, 5.74) is 0.699. The first kappa shape index (κ1) is 26.9. The molecular weight excluding hydrogens is 407 g/mol. The number of ether oxygens (including phenoxy) is 1. The fourth-order valence-corrected chi connectivity index (χ4v) is 3.09. The lowest BCUT2D eigenvalue weighted by Crippen LogP contribution is -2.51. The van der Waals surface area contributed by atoms with Crippen LogP contribution in [0, 0.1) is 0 Å². The molecule has 0 saturated carbocycles. The van der Waals surface area contributed by atoms with Crippen molar-refractivity contribution in [3.63, 3.8) is 0 Å². The molecule has 2 rings (SSSR count). The van der Waals surface area contributed by atoms with E-state index in [2.05, 4.69) is 15.5 Å². The molecule has 1 saturated heterocycles. The van der Waals surface area contributed by atoms with Gasteiger partial charge in [0.25, 0.3) is 0 Å². The van der Waals surface area contributed by atoms with Gasteiger partial charge in [0, 0.05) is 25.3 Å². The van der Waals surface area contributed by atoms with Crippen LogP contribution in [-0.2, 0) is 4.74 Å². The minimum Gasteiger partial charge on any atom is -0.394 e. The number of rotatable bonds is 8. The zero-order chi connectivity index (χ0) is 19.1. The molecule has 1 aliphatic heterocycles. The van der Waals surface area contributed by atoms with Crippen LogP contribution in [0.2, 0.25) is 0 Å². The molecule has 1 aromatic rings. The Balaban J connectivity index is 0.00000364. The predicted molar refractivity (Wildman–Crippen MR) is 115 cm³/mol. The Hall–Kier alpha value is -1.13. The number of halogens is 2. The first-order chi connectivity index (χ1) is 12.4. The quantitative estimate of drug-likeness (QED) is 0.475. The number of amides is 2. The van der Waals surface area contributed by atoms with Crippen LogP contribution in [0.3, 0.4) is 0 Å². The van der Waals surface area contributed by atoms with Crippen molar-refractivity contribution in [1.29, 1.82) is 0 Å². The van der Waals surface area contributed by atoms with Crippen LogP contribution in [0.4, 0.5) is 10.5 Å². The molecule has 8 nitrogen and oxygen atoms in total. The molecule has 0 unspecified atom stereocenters. The SMILES string of the molecule is CN(C)CCN(C)[C@@H]1[C@H](O)[C@H](CO)O[C@@H]1CNC(=O)Nc1ccccc1.Cl.Cl. The van der Waals surface area contributed by atoms with Crippen LogP contribution in [0.25, 0.3) is 0 Å². The topological polar surface area (TPSA) is 97.3 Å². The van der Waals surface area contributed by atoms with E-state index in [-0.39, 0.29) is 50.0 Å². The molecule has 4 atom stereocenters. The van der Waals surface area contributed by atoms with Crippen molar-refractivity contribution in [2.45, 2.75) is 24.4 Å². The Kier molecular flexibility index (Phi) is 12.6. The smallest absolute Gasteiger partial charge is 0.319 e. The van der Waals surface area contributed by atoms with Crippen LogP contribution in [0.5, 0.6) is 0 Å². The zero-order valence-electron chi connectivity index (χ0n) is 16.4. The molecule has 1 fully saturated rings. The highest BCUT2D eigenvalue weighted by Crippen LogP contribution is 2.24. The summed E-state index contributed by atoms with van der Waals surface area (Å²) in [6.45, 7) is 1.55. The number of likely N-dealkylation sites (N-methyl/N-ethyl adjacent to an activating group) is 2. The van der Waals surface area contributed by atoms with Crippen molar-refractivity contribution in [2.75, 3.05) is 52.7 Å². The minimum absolute atomic E-state index is 0. The van der Waals surface area contributed by atoms with Gasteiger partial charge in [-0.1, -0.05) is 18.2 Å². The van der Waals surface area contributed by atoms with Gasteiger partial charge in [0.2, 0.25) is 0 Å². The van der Waals surface area contributed by atoms with E-state index >= 15 is 0 Å². The highest BCUT2D eigenvalue weighted by molar-refractivity contribution is 5.89. The van der Waals surface area contributed by atoms with Crippen molar-refractivity contribution in [3.8, 4) is 0 Å². The molecule has 1 aliphatic rings. The second-order valence-electron chi connectivity index (χ2n) is 6.86. The fraction of sp³-hybridized carbons (Fsp3) is 0.611. The first-order valence-electron chi connectivity index (χ1n) is 8.81. The van der Waals surface area contributed by atoms with Gasteiger partial charge in [0.1, 0.15) is 12.2 Å². The average molecular weight is 439 g/mol. The third-order valence-corrected chi connectivity index (χ3v) is 4.55. The number of nitrogens with zero attached hydrogens (tertiary/aromatic N) is 2. The molecule has 2 amide bonds. The van der Waals surface area contributed by atoms with E-state index in [1.807, 2.05) is 44.2 Å². The molecule has 0 aliphatic carbocycles. The van der Waals surface area contributed by atoms with Gasteiger partial charge in [-0.15, -0.1) is 24.8 Å². The summed E-state index contributed by atoms with van der Waals surface area (Å²) in [5, 5.41) is 25.5. The summed E-state index contributed by atoms with van der Waals surface area (Å²) < 4.78 is 5.77. The number of urea groups is 1. The van der Waals surface area contributed by atoms with Crippen LogP contribution in [0.15, 0.2) is 30.3 Å². The van der Waals surface area contributed by atoms with Crippen molar-refractivity contribution >= 4 is 36.5 Å². The Morgan fingerprint density at radius 3 is 2.32 bits per heavy atom. The highest BCUT2D eigenvalue weighted by Gasteiger charge is 2.45. The van der Waals surface area contributed by atoms with Gasteiger partial charge >= 0.3 is 6.03 Å². The number of aliphatic hydroxyl groups is 2. The van der Waals surface area contributed by atoms with Gasteiger partial charge in [-0.25, -0.2) is 4.79 Å². The van der Waals surface area contributed by atoms with Crippen LogP contribution >= 0.6 is 24.8 Å². The monoisotopic (exact) mass is 438 g/mol. The van der Waals surface area contributed by atoms with E-state index in [9.17, 15) is 15.0 Å². The number of carbonyl (C=O) groups excluding carboxylic acids is 1. The first-order valence-corrected chi connectivity index (χ1v) is 8.81. The second kappa shape index (κ2) is 13.2. The lowest BCUT2D eigenvalue weighted by atomic mass is 10.0. The Morgan fingerprint density at radius 2 is 1.75 bits per heavy atom. The van der Waals surface area contributed by atoms with Gasteiger partial charge in [0.15, 0.2) is 0 Å². The summed E-state index contributed by atoms with van der Waals surface area (Å²) in [7, 11) is 5.88. The van der Waals surface area contributed by atoms with E-state index in [0.717, 1.165) is 13.1 Å². The highest BCUT2D eigenvalue weighted by atomic mass is 35.5. The molecule has 0 aromatic heterocycles. The maximum absolute atomic E-state index is 12.1. The van der Waals surface area contributed by atoms with Crippen LogP contribution < -0.4 is 10.6 Å². The summed E-state index contributed by atoms with van der Waals surface area (Å²) in [4.78, 5) is 16.2. The molecule has 28 heavy (non-hydrogen) atoms. The standard InChI is InChI=1S/C18H30N4O4.2ClH/c1-21(2)9-10-22(3)16-14(26-15(12-23)17(16)24)11-19-18(25)20-13-7-5-4-6-8-13;;/h4-8,14-17,23-24H,9-12H2,1-3H3,(H2,19,20,25);2*1H/t14-,15+,16+,17-;;/m1../s1. The Morgan fingerprint density at radius 1 is 1.11 bits per heavy atom. The second-order valence-corrected chi connectivity index (χ2v) is 6.86. The molecule has 10 heteroatoms. The van der Waals surface area contributed by atoms with Crippen LogP contribution in [0.1, 0.15) is 0 Å². The van der Waals surface area contributed by atoms with Gasteiger partial charge in [-0.3, -0.25) is 4.90 Å². The van der Waals surface area contributed by atoms with Gasteiger partial charge < -0.3 is 30.5 Å². The normalized spacial score (nSPS) is 23.8. The number of nitrogens with one attached hydrogen (secondary N) is 2. The molecule has 0 spiro atoms. The largest absolute Gasteiger partial charge is 0.394 e. The molecule has 162 valence electrons. The number of benzene rings is 1. The Labute approximate surface area is 179 Å². The summed E-state index contributed by atoms with van der Waals surface area (Å²) in [6, 6.07) is 8.52. The van der Waals surface area contributed by atoms with Crippen molar-refractivity contribution in [1.82, 2.24) is 15.1 Å². The molecule has 1 heterocycles. The third-order valence-electron chi connectivity index (χ3n) is 4.55. The number of hydrogen-bond acceptors (Lipinski definition) is 6. The molecule has 4 N–H and O–H groups in total. The third kappa shape index (κ3) is 7.71. The molecule has 1 aromatic carbocycles. The number of anilines is 1. The maximum atomic E-state index is 12.1. The summed E-state index contributed by atoms with van der Waals surface area (Å²) >= 11 is 0. The van der Waals surface area contributed by atoms with E-state index < -0.39 is 18.3 Å².